The molecular weight excluding hydrogens is 260 g/mol. The van der Waals surface area contributed by atoms with Crippen LogP contribution in [0.15, 0.2) is 51.9 Å². The first-order chi connectivity index (χ1) is 10.1. The summed E-state index contributed by atoms with van der Waals surface area (Å²) < 4.78 is 0. The van der Waals surface area contributed by atoms with E-state index in [1.54, 1.807) is 25.4 Å². The van der Waals surface area contributed by atoms with Crippen LogP contribution in [-0.2, 0) is 0 Å². The Morgan fingerprint density at radius 2 is 2.33 bits per heavy atom. The smallest absolute Gasteiger partial charge is 0.0934 e. The van der Waals surface area contributed by atoms with Crippen molar-refractivity contribution in [3.63, 3.8) is 0 Å². The summed E-state index contributed by atoms with van der Waals surface area (Å²) in [4.78, 5) is 3.94. The molecule has 0 amide bonds. The van der Waals surface area contributed by atoms with Gasteiger partial charge in [-0.25, -0.2) is 0 Å². The predicted octanol–water partition coefficient (Wildman–Crippen LogP) is 3.67. The molecule has 0 bridgehead atoms. The summed E-state index contributed by atoms with van der Waals surface area (Å²) in [5, 5.41) is 10.2. The van der Waals surface area contributed by atoms with Gasteiger partial charge in [0.1, 0.15) is 0 Å². The molecule has 1 atom stereocenters. The lowest BCUT2D eigenvalue weighted by atomic mass is 9.88. The van der Waals surface area contributed by atoms with Crippen LogP contribution in [0, 0.1) is 18.3 Å². The minimum Gasteiger partial charge on any atom is -0.512 e. The van der Waals surface area contributed by atoms with Crippen molar-refractivity contribution in [2.24, 2.45) is 16.6 Å². The standard InChI is InChI=1S/C18H24N2O/c1-4-6-16(17(12-19)13-20-3)11-18(21)10-15-8-5-7-14(2)9-15/h1,6,9,11-13,15,21H,5,7-8,10,19H2,2-3H3/b16-6+,17-12?,18-11+,20-13?. The summed E-state index contributed by atoms with van der Waals surface area (Å²) in [7, 11) is 1.66. The van der Waals surface area contributed by atoms with Crippen molar-refractivity contribution >= 4 is 6.21 Å². The molecule has 21 heavy (non-hydrogen) atoms. The van der Waals surface area contributed by atoms with E-state index in [0.717, 1.165) is 12.8 Å². The van der Waals surface area contributed by atoms with E-state index in [0.29, 0.717) is 29.2 Å². The molecule has 0 saturated heterocycles. The minimum atomic E-state index is 0.316. The number of hydrogen-bond donors (Lipinski definition) is 2. The molecule has 0 aromatic heterocycles. The van der Waals surface area contributed by atoms with Crippen molar-refractivity contribution in [1.29, 1.82) is 0 Å². The second-order valence-electron chi connectivity index (χ2n) is 5.28. The number of aliphatic imine (C=N–C) groups is 1. The molecule has 1 aliphatic carbocycles. The van der Waals surface area contributed by atoms with Crippen LogP contribution in [0.3, 0.4) is 0 Å². The molecule has 3 nitrogen and oxygen atoms in total. The Kier molecular flexibility index (Phi) is 7.11. The van der Waals surface area contributed by atoms with Gasteiger partial charge in [0.25, 0.3) is 0 Å². The van der Waals surface area contributed by atoms with Gasteiger partial charge < -0.3 is 10.8 Å². The van der Waals surface area contributed by atoms with Crippen molar-refractivity contribution in [3.05, 3.63) is 46.9 Å². The lowest BCUT2D eigenvalue weighted by molar-refractivity contribution is 0.355. The van der Waals surface area contributed by atoms with Crippen molar-refractivity contribution in [2.45, 2.75) is 32.6 Å². The third-order valence-electron chi connectivity index (χ3n) is 3.48. The number of nitrogens with two attached hydrogens (primary N) is 1. The van der Waals surface area contributed by atoms with Crippen molar-refractivity contribution in [1.82, 2.24) is 0 Å². The summed E-state index contributed by atoms with van der Waals surface area (Å²) in [6.07, 6.45) is 18.0. The van der Waals surface area contributed by atoms with Gasteiger partial charge in [-0.3, -0.25) is 4.99 Å². The molecule has 1 unspecified atom stereocenters. The fourth-order valence-corrected chi connectivity index (χ4v) is 2.53. The van der Waals surface area contributed by atoms with Crippen LogP contribution in [0.4, 0.5) is 0 Å². The maximum absolute atomic E-state index is 10.2. The van der Waals surface area contributed by atoms with E-state index in [1.165, 1.54) is 18.2 Å². The molecule has 0 saturated carbocycles. The second-order valence-corrected chi connectivity index (χ2v) is 5.28. The van der Waals surface area contributed by atoms with Gasteiger partial charge in [0.05, 0.1) is 5.76 Å². The van der Waals surface area contributed by atoms with Gasteiger partial charge in [0.15, 0.2) is 0 Å². The topological polar surface area (TPSA) is 58.6 Å². The molecular formula is C18H24N2O. The van der Waals surface area contributed by atoms with Gasteiger partial charge in [-0.05, 0) is 49.8 Å². The summed E-state index contributed by atoms with van der Waals surface area (Å²) in [5.41, 5.74) is 8.37. The number of rotatable bonds is 5. The van der Waals surface area contributed by atoms with Crippen LogP contribution < -0.4 is 5.73 Å². The van der Waals surface area contributed by atoms with Crippen LogP contribution in [0.5, 0.6) is 0 Å². The van der Waals surface area contributed by atoms with Crippen LogP contribution in [0.25, 0.3) is 0 Å². The Labute approximate surface area is 127 Å². The number of terminal acetylenes is 1. The molecule has 3 N–H and O–H groups in total. The first-order valence-electron chi connectivity index (χ1n) is 7.18. The molecule has 0 fully saturated rings. The Morgan fingerprint density at radius 3 is 2.90 bits per heavy atom. The van der Waals surface area contributed by atoms with Gasteiger partial charge in [0, 0.05) is 31.5 Å². The predicted molar refractivity (Wildman–Crippen MR) is 90.0 cm³/mol. The number of aliphatic hydroxyl groups is 1. The highest BCUT2D eigenvalue weighted by Gasteiger charge is 2.13. The largest absolute Gasteiger partial charge is 0.512 e. The van der Waals surface area contributed by atoms with Gasteiger partial charge in [-0.1, -0.05) is 17.6 Å². The summed E-state index contributed by atoms with van der Waals surface area (Å²) in [5.74, 6) is 3.18. The molecule has 0 aliphatic heterocycles. The van der Waals surface area contributed by atoms with E-state index in [4.69, 9.17) is 12.2 Å². The Balaban J connectivity index is 2.89. The molecule has 1 rings (SSSR count). The number of aliphatic hydroxyl groups excluding tert-OH is 1. The maximum Gasteiger partial charge on any atom is 0.0934 e. The van der Waals surface area contributed by atoms with Crippen LogP contribution in [0.2, 0.25) is 0 Å². The van der Waals surface area contributed by atoms with E-state index in [2.05, 4.69) is 23.9 Å². The average molecular weight is 284 g/mol. The molecule has 0 heterocycles. The zero-order valence-electron chi connectivity index (χ0n) is 12.8. The molecule has 0 radical (unpaired) electrons. The fourth-order valence-electron chi connectivity index (χ4n) is 2.53. The van der Waals surface area contributed by atoms with Gasteiger partial charge in [-0.2, -0.15) is 0 Å². The first-order valence-corrected chi connectivity index (χ1v) is 7.18. The van der Waals surface area contributed by atoms with Gasteiger partial charge in [0.2, 0.25) is 0 Å². The van der Waals surface area contributed by atoms with E-state index in [-0.39, 0.29) is 0 Å². The summed E-state index contributed by atoms with van der Waals surface area (Å²) in [6.45, 7) is 2.14. The Hall–Kier alpha value is -2.21. The zero-order valence-corrected chi connectivity index (χ0v) is 12.8. The molecule has 0 aromatic rings. The summed E-state index contributed by atoms with van der Waals surface area (Å²) in [6, 6.07) is 0. The fraction of sp³-hybridized carbons (Fsp3) is 0.389. The molecule has 3 heteroatoms. The highest BCUT2D eigenvalue weighted by molar-refractivity contribution is 5.86. The monoisotopic (exact) mass is 284 g/mol. The quantitative estimate of drug-likeness (QED) is 0.266. The van der Waals surface area contributed by atoms with Gasteiger partial charge >= 0.3 is 0 Å². The lowest BCUT2D eigenvalue weighted by Gasteiger charge is -2.19. The third kappa shape index (κ3) is 5.74. The normalized spacial score (nSPS) is 21.3. The Morgan fingerprint density at radius 1 is 1.57 bits per heavy atom. The van der Waals surface area contributed by atoms with Crippen molar-refractivity contribution < 1.29 is 5.11 Å². The van der Waals surface area contributed by atoms with Gasteiger partial charge in [-0.15, -0.1) is 6.42 Å². The van der Waals surface area contributed by atoms with Crippen LogP contribution >= 0.6 is 0 Å². The Bertz CT molecular complexity index is 542. The second kappa shape index (κ2) is 8.86. The van der Waals surface area contributed by atoms with Crippen molar-refractivity contribution in [2.75, 3.05) is 7.05 Å². The highest BCUT2D eigenvalue weighted by atomic mass is 16.3. The van der Waals surface area contributed by atoms with Crippen LogP contribution in [-0.4, -0.2) is 18.4 Å². The summed E-state index contributed by atoms with van der Waals surface area (Å²) >= 11 is 0. The molecule has 1 aliphatic rings. The maximum atomic E-state index is 10.2. The van der Waals surface area contributed by atoms with E-state index >= 15 is 0 Å². The number of nitrogens with zero attached hydrogens (tertiary/aromatic N) is 1. The van der Waals surface area contributed by atoms with E-state index < -0.39 is 0 Å². The average Bonchev–Trinajstić information content (AvgIpc) is 2.44. The zero-order chi connectivity index (χ0) is 15.7. The number of hydrogen-bond acceptors (Lipinski definition) is 3. The van der Waals surface area contributed by atoms with Crippen molar-refractivity contribution in [3.8, 4) is 12.3 Å². The van der Waals surface area contributed by atoms with Crippen LogP contribution in [0.1, 0.15) is 32.6 Å². The molecule has 112 valence electrons. The SMILES string of the molecule is C#C/C=C(\C=C(\O)CC1C=C(C)CCC1)C(C=NC)=CN. The lowest BCUT2D eigenvalue weighted by Crippen LogP contribution is -2.05. The minimum absolute atomic E-state index is 0.316. The molecule has 0 aromatic carbocycles. The first kappa shape index (κ1) is 16.8. The third-order valence-corrected chi connectivity index (χ3v) is 3.48. The molecule has 0 spiro atoms. The van der Waals surface area contributed by atoms with E-state index in [1.807, 2.05) is 0 Å². The van der Waals surface area contributed by atoms with E-state index in [9.17, 15) is 5.11 Å². The number of allylic oxidation sites excluding steroid dienone is 7. The highest BCUT2D eigenvalue weighted by Crippen LogP contribution is 2.27.